The summed E-state index contributed by atoms with van der Waals surface area (Å²) in [5, 5.41) is 3.19. The van der Waals surface area contributed by atoms with E-state index >= 15 is 0 Å². The van der Waals surface area contributed by atoms with Crippen molar-refractivity contribution < 1.29 is 9.53 Å². The van der Waals surface area contributed by atoms with Gasteiger partial charge in [0.1, 0.15) is 0 Å². The second-order valence-electron chi connectivity index (χ2n) is 6.16. The molecule has 2 fully saturated rings. The number of nitrogens with zero attached hydrogens (tertiary/aromatic N) is 1. The molecule has 1 N–H and O–H groups in total. The Balaban J connectivity index is 1.69. The molecule has 2 aliphatic rings. The molecule has 2 rings (SSSR count). The average molecular weight is 268 g/mol. The van der Waals surface area contributed by atoms with Gasteiger partial charge in [0, 0.05) is 19.1 Å². The van der Waals surface area contributed by atoms with Crippen LogP contribution in [-0.4, -0.2) is 42.3 Å². The average Bonchev–Trinajstić information content (AvgIpc) is 2.40. The summed E-state index contributed by atoms with van der Waals surface area (Å²) in [6.45, 7) is 5.80. The van der Waals surface area contributed by atoms with E-state index in [0.717, 1.165) is 38.8 Å². The number of rotatable bonds is 3. The minimum Gasteiger partial charge on any atom is -0.375 e. The highest BCUT2D eigenvalue weighted by Crippen LogP contribution is 2.19. The van der Waals surface area contributed by atoms with Gasteiger partial charge in [-0.3, -0.25) is 0 Å². The SMILES string of the molecule is CC(C)OC1CCN(C(=O)NC2CCCCC2)CC1. The largest absolute Gasteiger partial charge is 0.375 e. The van der Waals surface area contributed by atoms with Crippen LogP contribution in [0.15, 0.2) is 0 Å². The summed E-state index contributed by atoms with van der Waals surface area (Å²) in [6.07, 6.45) is 8.70. The topological polar surface area (TPSA) is 41.6 Å². The Hall–Kier alpha value is -0.770. The van der Waals surface area contributed by atoms with Crippen LogP contribution >= 0.6 is 0 Å². The van der Waals surface area contributed by atoms with Crippen molar-refractivity contribution in [2.45, 2.75) is 77.0 Å². The van der Waals surface area contributed by atoms with Crippen LogP contribution in [0.1, 0.15) is 58.8 Å². The van der Waals surface area contributed by atoms with Crippen LogP contribution in [0.3, 0.4) is 0 Å². The number of nitrogens with one attached hydrogen (secondary N) is 1. The fourth-order valence-electron chi connectivity index (χ4n) is 3.09. The van der Waals surface area contributed by atoms with Crippen molar-refractivity contribution in [2.24, 2.45) is 0 Å². The molecule has 0 atom stereocenters. The van der Waals surface area contributed by atoms with Gasteiger partial charge in [0.15, 0.2) is 0 Å². The van der Waals surface area contributed by atoms with E-state index in [4.69, 9.17) is 4.74 Å². The Bertz CT molecular complexity index is 280. The summed E-state index contributed by atoms with van der Waals surface area (Å²) in [6, 6.07) is 0.542. The Labute approximate surface area is 116 Å². The second-order valence-corrected chi connectivity index (χ2v) is 6.16. The molecule has 1 saturated carbocycles. The summed E-state index contributed by atoms with van der Waals surface area (Å²) in [7, 11) is 0. The van der Waals surface area contributed by atoms with Crippen LogP contribution in [-0.2, 0) is 4.74 Å². The molecule has 4 heteroatoms. The monoisotopic (exact) mass is 268 g/mol. The first-order valence-corrected chi connectivity index (χ1v) is 7.86. The van der Waals surface area contributed by atoms with Crippen molar-refractivity contribution in [3.8, 4) is 0 Å². The number of likely N-dealkylation sites (tertiary alicyclic amines) is 1. The highest BCUT2D eigenvalue weighted by molar-refractivity contribution is 5.74. The fourth-order valence-corrected chi connectivity index (χ4v) is 3.09. The molecule has 1 aliphatic carbocycles. The zero-order valence-corrected chi connectivity index (χ0v) is 12.4. The summed E-state index contributed by atoms with van der Waals surface area (Å²) >= 11 is 0. The predicted octanol–water partition coefficient (Wildman–Crippen LogP) is 2.92. The molecule has 0 radical (unpaired) electrons. The maximum Gasteiger partial charge on any atom is 0.317 e. The molecule has 2 amide bonds. The number of piperidine rings is 1. The summed E-state index contributed by atoms with van der Waals surface area (Å²) in [5.74, 6) is 0. The lowest BCUT2D eigenvalue weighted by molar-refractivity contribution is -0.0212. The maximum atomic E-state index is 12.2. The number of amides is 2. The first-order valence-electron chi connectivity index (χ1n) is 7.86. The van der Waals surface area contributed by atoms with Crippen LogP contribution in [0.2, 0.25) is 0 Å². The molecule has 4 nitrogen and oxygen atoms in total. The molecule has 0 bridgehead atoms. The smallest absolute Gasteiger partial charge is 0.317 e. The van der Waals surface area contributed by atoms with Crippen LogP contribution in [0.25, 0.3) is 0 Å². The molecular weight excluding hydrogens is 240 g/mol. The summed E-state index contributed by atoms with van der Waals surface area (Å²) in [5.41, 5.74) is 0. The number of carbonyl (C=O) groups is 1. The van der Waals surface area contributed by atoms with Gasteiger partial charge >= 0.3 is 6.03 Å². The molecule has 1 saturated heterocycles. The van der Waals surface area contributed by atoms with E-state index in [1.54, 1.807) is 0 Å². The Morgan fingerprint density at radius 1 is 1.11 bits per heavy atom. The number of carbonyl (C=O) groups excluding carboxylic acids is 1. The highest BCUT2D eigenvalue weighted by Gasteiger charge is 2.25. The van der Waals surface area contributed by atoms with Gasteiger partial charge in [-0.2, -0.15) is 0 Å². The number of ether oxygens (including phenoxy) is 1. The van der Waals surface area contributed by atoms with Crippen molar-refractivity contribution in [3.63, 3.8) is 0 Å². The highest BCUT2D eigenvalue weighted by atomic mass is 16.5. The van der Waals surface area contributed by atoms with Crippen LogP contribution in [0.4, 0.5) is 4.79 Å². The van der Waals surface area contributed by atoms with E-state index in [2.05, 4.69) is 19.2 Å². The quantitative estimate of drug-likeness (QED) is 0.855. The molecule has 110 valence electrons. The molecule has 19 heavy (non-hydrogen) atoms. The van der Waals surface area contributed by atoms with Crippen molar-refractivity contribution in [1.82, 2.24) is 10.2 Å². The molecule has 1 aliphatic heterocycles. The van der Waals surface area contributed by atoms with Crippen molar-refractivity contribution in [1.29, 1.82) is 0 Å². The van der Waals surface area contributed by atoms with E-state index in [1.807, 2.05) is 4.90 Å². The van der Waals surface area contributed by atoms with Crippen molar-refractivity contribution >= 4 is 6.03 Å². The molecule has 0 aromatic rings. The summed E-state index contributed by atoms with van der Waals surface area (Å²) in [4.78, 5) is 14.1. The third-order valence-electron chi connectivity index (χ3n) is 4.13. The van der Waals surface area contributed by atoms with E-state index in [-0.39, 0.29) is 12.1 Å². The Morgan fingerprint density at radius 3 is 2.32 bits per heavy atom. The molecule has 0 spiro atoms. The first kappa shape index (κ1) is 14.6. The lowest BCUT2D eigenvalue weighted by Crippen LogP contribution is -2.49. The molecule has 1 heterocycles. The van der Waals surface area contributed by atoms with Gasteiger partial charge in [-0.05, 0) is 39.5 Å². The minimum absolute atomic E-state index is 0.134. The molecular formula is C15H28N2O2. The van der Waals surface area contributed by atoms with E-state index in [1.165, 1.54) is 19.3 Å². The second kappa shape index (κ2) is 7.13. The van der Waals surface area contributed by atoms with E-state index < -0.39 is 0 Å². The number of hydrogen-bond donors (Lipinski definition) is 1. The number of hydrogen-bond acceptors (Lipinski definition) is 2. The zero-order valence-electron chi connectivity index (χ0n) is 12.4. The normalized spacial score (nSPS) is 22.8. The molecule has 0 aromatic carbocycles. The van der Waals surface area contributed by atoms with Gasteiger partial charge in [0.25, 0.3) is 0 Å². The van der Waals surface area contributed by atoms with Gasteiger partial charge in [-0.25, -0.2) is 4.79 Å². The van der Waals surface area contributed by atoms with Gasteiger partial charge in [-0.1, -0.05) is 19.3 Å². The zero-order chi connectivity index (χ0) is 13.7. The van der Waals surface area contributed by atoms with E-state index in [9.17, 15) is 4.79 Å². The lowest BCUT2D eigenvalue weighted by Gasteiger charge is -2.34. The molecule has 0 aromatic heterocycles. The number of urea groups is 1. The fraction of sp³-hybridized carbons (Fsp3) is 0.933. The predicted molar refractivity (Wildman–Crippen MR) is 76.2 cm³/mol. The minimum atomic E-state index is 0.134. The lowest BCUT2D eigenvalue weighted by atomic mass is 9.96. The van der Waals surface area contributed by atoms with Crippen LogP contribution in [0, 0.1) is 0 Å². The third-order valence-corrected chi connectivity index (χ3v) is 4.13. The Kier molecular flexibility index (Phi) is 5.49. The van der Waals surface area contributed by atoms with E-state index in [0.29, 0.717) is 12.1 Å². The molecule has 0 unspecified atom stereocenters. The van der Waals surface area contributed by atoms with Gasteiger partial charge in [0.2, 0.25) is 0 Å². The Morgan fingerprint density at radius 2 is 1.74 bits per heavy atom. The van der Waals surface area contributed by atoms with Gasteiger partial charge < -0.3 is 15.0 Å². The first-order chi connectivity index (χ1) is 9.15. The summed E-state index contributed by atoms with van der Waals surface area (Å²) < 4.78 is 5.81. The van der Waals surface area contributed by atoms with Crippen molar-refractivity contribution in [3.05, 3.63) is 0 Å². The van der Waals surface area contributed by atoms with Gasteiger partial charge in [-0.15, -0.1) is 0 Å². The maximum absolute atomic E-state index is 12.2. The van der Waals surface area contributed by atoms with Gasteiger partial charge in [0.05, 0.1) is 12.2 Å². The third kappa shape index (κ3) is 4.68. The van der Waals surface area contributed by atoms with Crippen molar-refractivity contribution in [2.75, 3.05) is 13.1 Å². The standard InChI is InChI=1S/C15H28N2O2/c1-12(2)19-14-8-10-17(11-9-14)15(18)16-13-6-4-3-5-7-13/h12-14H,3-11H2,1-2H3,(H,16,18). The van der Waals surface area contributed by atoms with Crippen LogP contribution < -0.4 is 5.32 Å². The van der Waals surface area contributed by atoms with Crippen LogP contribution in [0.5, 0.6) is 0 Å².